The molecule has 0 amide bonds. The lowest BCUT2D eigenvalue weighted by atomic mass is 9.60. The maximum absolute atomic E-state index is 12.5. The van der Waals surface area contributed by atoms with E-state index in [9.17, 15) is 9.90 Å². The molecule has 1 aromatic rings. The van der Waals surface area contributed by atoms with Crippen molar-refractivity contribution >= 4 is 11.7 Å². The average Bonchev–Trinajstić information content (AvgIpc) is 3.07. The van der Waals surface area contributed by atoms with Crippen molar-refractivity contribution in [2.45, 2.75) is 51.1 Å². The van der Waals surface area contributed by atoms with E-state index in [1.54, 1.807) is 0 Å². The molecule has 2 N–H and O–H groups in total. The molecule has 0 saturated carbocycles. The summed E-state index contributed by atoms with van der Waals surface area (Å²) >= 11 is 0. The Labute approximate surface area is 167 Å². The SMILES string of the molecule is CC=C1CN2CCC3c4ccccc4NC3C2(C)CC1(C)C(=CO)C(=O)OC. The van der Waals surface area contributed by atoms with E-state index < -0.39 is 11.4 Å². The predicted molar refractivity (Wildman–Crippen MR) is 110 cm³/mol. The zero-order chi connectivity index (χ0) is 20.1. The lowest BCUT2D eigenvalue weighted by molar-refractivity contribution is -0.138. The fraction of sp³-hybridized carbons (Fsp3) is 0.522. The Balaban J connectivity index is 1.76. The van der Waals surface area contributed by atoms with Gasteiger partial charge in [-0.25, -0.2) is 4.79 Å². The van der Waals surface area contributed by atoms with Crippen LogP contribution in [0.1, 0.15) is 45.1 Å². The molecule has 2 fully saturated rings. The van der Waals surface area contributed by atoms with Crippen molar-refractivity contribution in [2.24, 2.45) is 5.41 Å². The molecule has 0 aromatic heterocycles. The first-order valence-corrected chi connectivity index (χ1v) is 10.1. The van der Waals surface area contributed by atoms with Crippen LogP contribution in [0.2, 0.25) is 0 Å². The molecule has 4 unspecified atom stereocenters. The van der Waals surface area contributed by atoms with Gasteiger partial charge in [0.15, 0.2) is 0 Å². The first-order valence-electron chi connectivity index (χ1n) is 10.1. The summed E-state index contributed by atoms with van der Waals surface area (Å²) in [6, 6.07) is 8.86. The van der Waals surface area contributed by atoms with Crippen LogP contribution < -0.4 is 5.32 Å². The second kappa shape index (κ2) is 6.66. The molecule has 2 saturated heterocycles. The van der Waals surface area contributed by atoms with Crippen molar-refractivity contribution in [1.29, 1.82) is 0 Å². The number of esters is 1. The van der Waals surface area contributed by atoms with Gasteiger partial charge < -0.3 is 15.2 Å². The Kier molecular flexibility index (Phi) is 4.53. The van der Waals surface area contributed by atoms with Crippen LogP contribution in [0, 0.1) is 5.41 Å². The zero-order valence-corrected chi connectivity index (χ0v) is 17.2. The number of hydrogen-bond donors (Lipinski definition) is 2. The van der Waals surface area contributed by atoms with E-state index in [0.29, 0.717) is 11.5 Å². The van der Waals surface area contributed by atoms with Gasteiger partial charge in [-0.15, -0.1) is 0 Å². The van der Waals surface area contributed by atoms with Crippen molar-refractivity contribution in [3.63, 3.8) is 0 Å². The highest BCUT2D eigenvalue weighted by atomic mass is 16.5. The van der Waals surface area contributed by atoms with Crippen LogP contribution in [0.5, 0.6) is 0 Å². The Morgan fingerprint density at radius 1 is 1.36 bits per heavy atom. The van der Waals surface area contributed by atoms with Crippen LogP contribution in [-0.2, 0) is 9.53 Å². The summed E-state index contributed by atoms with van der Waals surface area (Å²) in [5, 5.41) is 13.7. The van der Waals surface area contributed by atoms with Gasteiger partial charge in [0, 0.05) is 29.1 Å². The normalized spacial score (nSPS) is 36.3. The number of para-hydroxylation sites is 1. The Morgan fingerprint density at radius 2 is 2.11 bits per heavy atom. The van der Waals surface area contributed by atoms with Crippen LogP contribution in [0.3, 0.4) is 0 Å². The number of piperidine rings is 2. The van der Waals surface area contributed by atoms with Crippen molar-refractivity contribution < 1.29 is 14.6 Å². The van der Waals surface area contributed by atoms with E-state index >= 15 is 0 Å². The number of hydrogen-bond acceptors (Lipinski definition) is 5. The standard InChI is InChI=1S/C23H30N2O3/c1-5-15-12-25-11-10-17-16-8-6-7-9-19(16)24-20(17)23(25,3)14-22(15,2)18(13-26)21(27)28-4/h5-9,13,17,20,24,26H,10-12,14H2,1-4H3. The number of methoxy groups -OCH3 is 1. The van der Waals surface area contributed by atoms with Crippen LogP contribution in [0.15, 0.2) is 47.7 Å². The van der Waals surface area contributed by atoms with Gasteiger partial charge in [-0.05, 0) is 50.4 Å². The zero-order valence-electron chi connectivity index (χ0n) is 17.2. The fourth-order valence-electron chi connectivity index (χ4n) is 5.96. The smallest absolute Gasteiger partial charge is 0.337 e. The molecule has 5 heteroatoms. The maximum Gasteiger partial charge on any atom is 0.337 e. The average molecular weight is 383 g/mol. The number of allylic oxidation sites excluding steroid dienone is 1. The maximum atomic E-state index is 12.5. The lowest BCUT2D eigenvalue weighted by Gasteiger charge is -2.59. The summed E-state index contributed by atoms with van der Waals surface area (Å²) in [6.07, 6.45) is 4.90. The second-order valence-electron chi connectivity index (χ2n) is 8.74. The van der Waals surface area contributed by atoms with Gasteiger partial charge in [0.2, 0.25) is 0 Å². The van der Waals surface area contributed by atoms with Crippen LogP contribution in [0.25, 0.3) is 0 Å². The molecule has 0 spiro atoms. The lowest BCUT2D eigenvalue weighted by Crippen LogP contribution is -2.67. The molecule has 5 nitrogen and oxygen atoms in total. The number of ether oxygens (including phenoxy) is 1. The van der Waals surface area contributed by atoms with Crippen molar-refractivity contribution in [2.75, 3.05) is 25.5 Å². The van der Waals surface area contributed by atoms with Crippen LogP contribution in [0.4, 0.5) is 5.69 Å². The number of nitrogens with one attached hydrogen (secondary N) is 1. The van der Waals surface area contributed by atoms with E-state index in [-0.39, 0.29) is 11.6 Å². The second-order valence-corrected chi connectivity index (χ2v) is 8.74. The van der Waals surface area contributed by atoms with Gasteiger partial charge in [-0.1, -0.05) is 31.2 Å². The largest absolute Gasteiger partial charge is 0.515 e. The summed E-state index contributed by atoms with van der Waals surface area (Å²) in [4.78, 5) is 15.0. The minimum atomic E-state index is -0.569. The van der Waals surface area contributed by atoms with Gasteiger partial charge in [-0.2, -0.15) is 0 Å². The van der Waals surface area contributed by atoms with Gasteiger partial charge in [0.05, 0.1) is 25.0 Å². The summed E-state index contributed by atoms with van der Waals surface area (Å²) in [7, 11) is 1.37. The number of carbonyl (C=O) groups excluding carboxylic acids is 1. The summed E-state index contributed by atoms with van der Waals surface area (Å²) in [5.74, 6) is 0.00460. The van der Waals surface area contributed by atoms with Crippen molar-refractivity contribution in [3.05, 3.63) is 53.3 Å². The molecule has 0 radical (unpaired) electrons. The molecule has 4 rings (SSSR count). The number of benzene rings is 1. The molecule has 28 heavy (non-hydrogen) atoms. The van der Waals surface area contributed by atoms with E-state index in [2.05, 4.69) is 54.4 Å². The first kappa shape index (κ1) is 19.1. The number of fused-ring (bicyclic) bond motifs is 5. The summed E-state index contributed by atoms with van der Waals surface area (Å²) < 4.78 is 5.00. The third kappa shape index (κ3) is 2.52. The minimum absolute atomic E-state index is 0.147. The van der Waals surface area contributed by atoms with E-state index in [0.717, 1.165) is 37.8 Å². The van der Waals surface area contributed by atoms with E-state index in [4.69, 9.17) is 4.74 Å². The molecule has 3 aliphatic heterocycles. The molecule has 150 valence electrons. The third-order valence-electron chi connectivity index (χ3n) is 7.43. The highest BCUT2D eigenvalue weighted by molar-refractivity contribution is 5.90. The first-order chi connectivity index (χ1) is 13.4. The molecule has 3 heterocycles. The number of nitrogens with zero attached hydrogens (tertiary/aromatic N) is 1. The van der Waals surface area contributed by atoms with Gasteiger partial charge in [0.25, 0.3) is 0 Å². The van der Waals surface area contributed by atoms with Crippen molar-refractivity contribution in [3.8, 4) is 0 Å². The number of aliphatic hydroxyl groups is 1. The predicted octanol–water partition coefficient (Wildman–Crippen LogP) is 4.00. The number of aliphatic hydroxyl groups excluding tert-OH is 1. The van der Waals surface area contributed by atoms with E-state index in [1.807, 2.05) is 6.92 Å². The molecule has 0 aliphatic carbocycles. The highest BCUT2D eigenvalue weighted by Gasteiger charge is 2.58. The fourth-order valence-corrected chi connectivity index (χ4v) is 5.96. The Morgan fingerprint density at radius 3 is 2.79 bits per heavy atom. The summed E-state index contributed by atoms with van der Waals surface area (Å²) in [6.45, 7) is 8.20. The molecule has 1 aromatic carbocycles. The number of anilines is 1. The van der Waals surface area contributed by atoms with Gasteiger partial charge in [0.1, 0.15) is 0 Å². The molecular weight excluding hydrogens is 352 g/mol. The monoisotopic (exact) mass is 382 g/mol. The van der Waals surface area contributed by atoms with Crippen LogP contribution in [-0.4, -0.2) is 47.8 Å². The molecular formula is C23H30N2O3. The summed E-state index contributed by atoms with van der Waals surface area (Å²) in [5.41, 5.74) is 3.40. The van der Waals surface area contributed by atoms with E-state index in [1.165, 1.54) is 18.4 Å². The Hall–Kier alpha value is -2.27. The van der Waals surface area contributed by atoms with Gasteiger partial charge in [-0.3, -0.25) is 4.90 Å². The topological polar surface area (TPSA) is 61.8 Å². The Bertz CT molecular complexity index is 861. The molecule has 0 bridgehead atoms. The number of rotatable bonds is 2. The highest BCUT2D eigenvalue weighted by Crippen LogP contribution is 2.56. The minimum Gasteiger partial charge on any atom is -0.515 e. The van der Waals surface area contributed by atoms with Crippen LogP contribution >= 0.6 is 0 Å². The number of carbonyl (C=O) groups is 1. The quantitative estimate of drug-likeness (QED) is 0.350. The third-order valence-corrected chi connectivity index (χ3v) is 7.43. The molecule has 3 aliphatic rings. The van der Waals surface area contributed by atoms with Gasteiger partial charge >= 0.3 is 5.97 Å². The molecule has 4 atom stereocenters. The van der Waals surface area contributed by atoms with Crippen molar-refractivity contribution in [1.82, 2.24) is 4.90 Å².